The molecule has 2 aromatic carbocycles. The van der Waals surface area contributed by atoms with E-state index in [2.05, 4.69) is 32.0 Å². The van der Waals surface area contributed by atoms with Gasteiger partial charge in [0.15, 0.2) is 0 Å². The molecule has 11 heteroatoms. The molecule has 2 aromatic heterocycles. The van der Waals surface area contributed by atoms with E-state index in [-0.39, 0.29) is 17.4 Å². The first-order chi connectivity index (χ1) is 19.3. The normalized spacial score (nSPS) is 10.9. The Morgan fingerprint density at radius 1 is 1.12 bits per heavy atom. The van der Waals surface area contributed by atoms with Crippen LogP contribution in [0.1, 0.15) is 15.9 Å². The Hall–Kier alpha value is -4.98. The first-order valence-corrected chi connectivity index (χ1v) is 12.5. The highest BCUT2D eigenvalue weighted by molar-refractivity contribution is 6.34. The molecule has 40 heavy (non-hydrogen) atoms. The Morgan fingerprint density at radius 3 is 2.62 bits per heavy atom. The lowest BCUT2D eigenvalue weighted by molar-refractivity contribution is -0.111. The molecule has 0 aliphatic carbocycles. The molecule has 0 bridgehead atoms. The largest absolute Gasteiger partial charge is 0.494 e. The van der Waals surface area contributed by atoms with E-state index in [1.165, 1.54) is 25.6 Å². The fourth-order valence-electron chi connectivity index (χ4n) is 3.78. The van der Waals surface area contributed by atoms with Crippen LogP contribution in [0.25, 0.3) is 10.9 Å². The molecule has 10 nitrogen and oxygen atoms in total. The first-order valence-electron chi connectivity index (χ1n) is 12.1. The van der Waals surface area contributed by atoms with Crippen molar-refractivity contribution in [1.29, 1.82) is 5.26 Å². The molecular formula is C29H26ClN7O3. The van der Waals surface area contributed by atoms with Crippen LogP contribution in [0.5, 0.6) is 5.75 Å². The summed E-state index contributed by atoms with van der Waals surface area (Å²) in [5.74, 6) is -0.251. The lowest BCUT2D eigenvalue weighted by atomic mass is 10.1. The Labute approximate surface area is 236 Å². The van der Waals surface area contributed by atoms with Crippen LogP contribution in [0.15, 0.2) is 73.2 Å². The molecule has 0 aliphatic heterocycles. The molecule has 2 heterocycles. The molecule has 0 saturated carbocycles. The minimum atomic E-state index is -0.345. The zero-order chi connectivity index (χ0) is 28.6. The molecular weight excluding hydrogens is 530 g/mol. The number of carbonyl (C=O) groups is 2. The van der Waals surface area contributed by atoms with Gasteiger partial charge in [0.25, 0.3) is 5.91 Å². The highest BCUT2D eigenvalue weighted by atomic mass is 35.5. The van der Waals surface area contributed by atoms with Crippen LogP contribution in [-0.2, 0) is 4.79 Å². The van der Waals surface area contributed by atoms with Crippen molar-refractivity contribution in [3.63, 3.8) is 0 Å². The van der Waals surface area contributed by atoms with Gasteiger partial charge >= 0.3 is 0 Å². The molecule has 0 fully saturated rings. The van der Waals surface area contributed by atoms with Gasteiger partial charge in [-0.2, -0.15) is 5.26 Å². The van der Waals surface area contributed by atoms with E-state index in [1.807, 2.05) is 19.0 Å². The Bertz CT molecular complexity index is 1630. The summed E-state index contributed by atoms with van der Waals surface area (Å²) >= 11 is 6.48. The number of rotatable bonds is 9. The van der Waals surface area contributed by atoms with E-state index in [4.69, 9.17) is 16.3 Å². The molecule has 202 valence electrons. The summed E-state index contributed by atoms with van der Waals surface area (Å²) in [6.45, 7) is 0.611. The van der Waals surface area contributed by atoms with Gasteiger partial charge in [-0.15, -0.1) is 0 Å². The number of halogens is 1. The van der Waals surface area contributed by atoms with Crippen molar-refractivity contribution in [2.45, 2.75) is 0 Å². The molecule has 4 aromatic rings. The number of benzene rings is 2. The molecule has 0 radical (unpaired) electrons. The Morgan fingerprint density at radius 2 is 1.95 bits per heavy atom. The second kappa shape index (κ2) is 12.7. The molecule has 3 N–H and O–H groups in total. The van der Waals surface area contributed by atoms with Crippen LogP contribution in [0, 0.1) is 11.3 Å². The monoisotopic (exact) mass is 555 g/mol. The molecule has 0 saturated heterocycles. The third-order valence-electron chi connectivity index (χ3n) is 5.72. The smallest absolute Gasteiger partial charge is 0.257 e. The predicted molar refractivity (Wildman–Crippen MR) is 156 cm³/mol. The zero-order valence-electron chi connectivity index (χ0n) is 22.0. The van der Waals surface area contributed by atoms with Crippen LogP contribution >= 0.6 is 11.6 Å². The summed E-state index contributed by atoms with van der Waals surface area (Å²) in [4.78, 5) is 35.3. The van der Waals surface area contributed by atoms with Crippen LogP contribution in [0.4, 0.5) is 22.7 Å². The highest BCUT2D eigenvalue weighted by Crippen LogP contribution is 2.37. The van der Waals surface area contributed by atoms with Gasteiger partial charge in [-0.05, 0) is 50.5 Å². The Kier molecular flexibility index (Phi) is 8.91. The summed E-state index contributed by atoms with van der Waals surface area (Å²) in [6, 6.07) is 13.9. The fourth-order valence-corrected chi connectivity index (χ4v) is 4.01. The second-order valence-corrected chi connectivity index (χ2v) is 9.30. The number of anilines is 4. The maximum atomic E-state index is 12.5. The number of fused-ring (bicyclic) bond motifs is 1. The number of amides is 2. The lowest BCUT2D eigenvalue weighted by Crippen LogP contribution is -2.13. The number of aromatic nitrogens is 2. The SMILES string of the molecule is COc1cc2ncc(C#N)c(Nc3ccc(NC(=O)c4cccnc4)c(Cl)c3)c2cc1NC(=O)/C=C/CN(C)C. The number of pyridine rings is 2. The van der Waals surface area contributed by atoms with Crippen molar-refractivity contribution in [2.24, 2.45) is 0 Å². The van der Waals surface area contributed by atoms with Crippen molar-refractivity contribution >= 4 is 57.1 Å². The van der Waals surface area contributed by atoms with Gasteiger partial charge in [-0.3, -0.25) is 19.6 Å². The number of carbonyl (C=O) groups excluding carboxylic acids is 2. The number of hydrogen-bond donors (Lipinski definition) is 3. The standard InChI is InChI=1S/C29H26ClN7O3/c1-37(2)11-5-7-27(38)35-25-13-21-24(14-26(25)40-3)33-17-19(15-31)28(21)34-20-8-9-23(22(30)12-20)36-29(39)18-6-4-10-32-16-18/h4-10,12-14,16-17H,11H2,1-3H3,(H,33,34)(H,35,38)(H,36,39)/b7-5+. The van der Waals surface area contributed by atoms with Gasteiger partial charge in [0, 0.05) is 48.4 Å². The minimum Gasteiger partial charge on any atom is -0.494 e. The molecule has 4 rings (SSSR count). The van der Waals surface area contributed by atoms with Crippen molar-refractivity contribution in [3.05, 3.63) is 89.4 Å². The summed E-state index contributed by atoms with van der Waals surface area (Å²) in [5.41, 5.74) is 3.10. The number of ether oxygens (including phenoxy) is 1. The van der Waals surface area contributed by atoms with E-state index >= 15 is 0 Å². The van der Waals surface area contributed by atoms with Crippen molar-refractivity contribution in [1.82, 2.24) is 14.9 Å². The second-order valence-electron chi connectivity index (χ2n) is 8.90. The van der Waals surface area contributed by atoms with Gasteiger partial charge in [0.2, 0.25) is 5.91 Å². The molecule has 0 unspecified atom stereocenters. The summed E-state index contributed by atoms with van der Waals surface area (Å²) in [5, 5.41) is 19.5. The van der Waals surface area contributed by atoms with Crippen LogP contribution in [0.2, 0.25) is 5.02 Å². The Balaban J connectivity index is 1.65. The number of methoxy groups -OCH3 is 1. The van der Waals surface area contributed by atoms with Crippen LogP contribution in [0.3, 0.4) is 0 Å². The van der Waals surface area contributed by atoms with E-state index in [1.54, 1.807) is 54.7 Å². The molecule has 0 atom stereocenters. The van der Waals surface area contributed by atoms with Gasteiger partial charge in [-0.25, -0.2) is 0 Å². The number of likely N-dealkylation sites (N-methyl/N-ethyl adjacent to an activating group) is 1. The molecule has 0 spiro atoms. The summed E-state index contributed by atoms with van der Waals surface area (Å²) < 4.78 is 5.48. The third-order valence-corrected chi connectivity index (χ3v) is 6.03. The number of hydrogen-bond acceptors (Lipinski definition) is 8. The fraction of sp³-hybridized carbons (Fsp3) is 0.138. The van der Waals surface area contributed by atoms with Gasteiger partial charge < -0.3 is 25.6 Å². The summed E-state index contributed by atoms with van der Waals surface area (Å²) in [7, 11) is 5.31. The quantitative estimate of drug-likeness (QED) is 0.240. The van der Waals surface area contributed by atoms with E-state index in [0.717, 1.165) is 0 Å². The minimum absolute atomic E-state index is 0.283. The maximum absolute atomic E-state index is 12.5. The van der Waals surface area contributed by atoms with Gasteiger partial charge in [0.1, 0.15) is 11.8 Å². The average Bonchev–Trinajstić information content (AvgIpc) is 2.94. The lowest BCUT2D eigenvalue weighted by Gasteiger charge is -2.16. The first kappa shape index (κ1) is 28.0. The van der Waals surface area contributed by atoms with E-state index < -0.39 is 0 Å². The maximum Gasteiger partial charge on any atom is 0.257 e. The van der Waals surface area contributed by atoms with Crippen molar-refractivity contribution in [2.75, 3.05) is 43.7 Å². The number of nitrogens with one attached hydrogen (secondary N) is 3. The highest BCUT2D eigenvalue weighted by Gasteiger charge is 2.16. The van der Waals surface area contributed by atoms with E-state index in [9.17, 15) is 14.9 Å². The van der Waals surface area contributed by atoms with E-state index in [0.29, 0.717) is 56.5 Å². The third kappa shape index (κ3) is 6.71. The predicted octanol–water partition coefficient (Wildman–Crippen LogP) is 5.22. The zero-order valence-corrected chi connectivity index (χ0v) is 22.8. The topological polar surface area (TPSA) is 132 Å². The summed E-state index contributed by atoms with van der Waals surface area (Å²) in [6.07, 6.45) is 7.69. The van der Waals surface area contributed by atoms with Crippen molar-refractivity contribution < 1.29 is 14.3 Å². The average molecular weight is 556 g/mol. The van der Waals surface area contributed by atoms with Crippen LogP contribution in [-0.4, -0.2) is 54.4 Å². The number of nitrogens with zero attached hydrogens (tertiary/aromatic N) is 4. The van der Waals surface area contributed by atoms with Crippen molar-refractivity contribution in [3.8, 4) is 11.8 Å². The van der Waals surface area contributed by atoms with Gasteiger partial charge in [0.05, 0.1) is 45.8 Å². The molecule has 0 aliphatic rings. The van der Waals surface area contributed by atoms with Crippen LogP contribution < -0.4 is 20.7 Å². The number of nitriles is 1. The van der Waals surface area contributed by atoms with Gasteiger partial charge in [-0.1, -0.05) is 17.7 Å². The molecule has 2 amide bonds.